The average molecular weight is 284 g/mol. The second-order valence-corrected chi connectivity index (χ2v) is 5.24. The minimum absolute atomic E-state index is 0.0526. The van der Waals surface area contributed by atoms with Gasteiger partial charge in [-0.15, -0.1) is 0 Å². The number of hydrogen-bond donors (Lipinski definition) is 2. The van der Waals surface area contributed by atoms with Crippen LogP contribution in [0.15, 0.2) is 54.6 Å². The van der Waals surface area contributed by atoms with Gasteiger partial charge in [0.05, 0.1) is 0 Å². The van der Waals surface area contributed by atoms with Crippen LogP contribution in [0, 0.1) is 0 Å². The molecule has 0 heterocycles. The molecule has 1 atom stereocenters. The zero-order chi connectivity index (χ0) is 14.9. The van der Waals surface area contributed by atoms with Crippen molar-refractivity contribution in [3.8, 4) is 5.75 Å². The lowest BCUT2D eigenvalue weighted by Gasteiger charge is -2.13. The van der Waals surface area contributed by atoms with Crippen LogP contribution in [-0.2, 0) is 6.61 Å². The Labute approximate surface area is 126 Å². The third kappa shape index (κ3) is 5.21. The largest absolute Gasteiger partial charge is 0.489 e. The molecule has 3 heteroatoms. The standard InChI is InChI=1S/C18H24N2O/c19-12-5-4-11-18(20)16-9-6-10-17(13-16)21-14-15-7-2-1-3-8-15/h1-3,6-10,13,18H,4-5,11-12,14,19-20H2/t18-/m0/s1. The summed E-state index contributed by atoms with van der Waals surface area (Å²) < 4.78 is 5.83. The summed E-state index contributed by atoms with van der Waals surface area (Å²) in [4.78, 5) is 0. The maximum atomic E-state index is 6.22. The maximum Gasteiger partial charge on any atom is 0.120 e. The molecule has 0 aromatic heterocycles. The molecule has 112 valence electrons. The molecule has 0 radical (unpaired) electrons. The summed E-state index contributed by atoms with van der Waals surface area (Å²) in [7, 11) is 0. The predicted molar refractivity (Wildman–Crippen MR) is 87.0 cm³/mol. The van der Waals surface area contributed by atoms with Gasteiger partial charge in [0.1, 0.15) is 12.4 Å². The predicted octanol–water partition coefficient (Wildman–Crippen LogP) is 3.39. The van der Waals surface area contributed by atoms with Crippen LogP contribution in [0.5, 0.6) is 5.75 Å². The van der Waals surface area contributed by atoms with E-state index >= 15 is 0 Å². The molecule has 3 nitrogen and oxygen atoms in total. The summed E-state index contributed by atoms with van der Waals surface area (Å²) in [6.07, 6.45) is 3.05. The zero-order valence-corrected chi connectivity index (χ0v) is 12.4. The second-order valence-electron chi connectivity index (χ2n) is 5.24. The molecule has 0 saturated carbocycles. The number of ether oxygens (including phenoxy) is 1. The molecule has 0 aliphatic rings. The SMILES string of the molecule is NCCCC[C@H](N)c1cccc(OCc2ccccc2)c1. The van der Waals surface area contributed by atoms with Crippen molar-refractivity contribution in [2.75, 3.05) is 6.54 Å². The van der Waals surface area contributed by atoms with E-state index in [2.05, 4.69) is 18.2 Å². The highest BCUT2D eigenvalue weighted by atomic mass is 16.5. The minimum atomic E-state index is 0.0526. The van der Waals surface area contributed by atoms with E-state index in [9.17, 15) is 0 Å². The Bertz CT molecular complexity index is 528. The van der Waals surface area contributed by atoms with Gasteiger partial charge in [-0.1, -0.05) is 48.9 Å². The molecular formula is C18H24N2O. The van der Waals surface area contributed by atoms with E-state index in [1.807, 2.05) is 36.4 Å². The summed E-state index contributed by atoms with van der Waals surface area (Å²) in [5.41, 5.74) is 14.0. The van der Waals surface area contributed by atoms with Gasteiger partial charge in [0.15, 0.2) is 0 Å². The highest BCUT2D eigenvalue weighted by molar-refractivity contribution is 5.30. The molecule has 0 bridgehead atoms. The first kappa shape index (κ1) is 15.5. The monoisotopic (exact) mass is 284 g/mol. The Kier molecular flexibility index (Phi) is 6.25. The topological polar surface area (TPSA) is 61.3 Å². The third-order valence-corrected chi connectivity index (χ3v) is 3.50. The Morgan fingerprint density at radius 2 is 1.76 bits per heavy atom. The molecule has 0 saturated heterocycles. The van der Waals surface area contributed by atoms with Crippen LogP contribution in [0.4, 0.5) is 0 Å². The Balaban J connectivity index is 1.91. The smallest absolute Gasteiger partial charge is 0.120 e. The first-order chi connectivity index (χ1) is 10.3. The lowest BCUT2D eigenvalue weighted by molar-refractivity contribution is 0.305. The molecule has 0 amide bonds. The van der Waals surface area contributed by atoms with Crippen molar-refractivity contribution in [1.82, 2.24) is 0 Å². The van der Waals surface area contributed by atoms with Gasteiger partial charge in [-0.3, -0.25) is 0 Å². The molecule has 2 aromatic rings. The quantitative estimate of drug-likeness (QED) is 0.730. The van der Waals surface area contributed by atoms with E-state index in [-0.39, 0.29) is 6.04 Å². The molecule has 21 heavy (non-hydrogen) atoms. The highest BCUT2D eigenvalue weighted by Crippen LogP contribution is 2.22. The number of hydrogen-bond acceptors (Lipinski definition) is 3. The summed E-state index contributed by atoms with van der Waals surface area (Å²) in [6.45, 7) is 1.31. The molecule has 0 spiro atoms. The fraction of sp³-hybridized carbons (Fsp3) is 0.333. The molecule has 4 N–H and O–H groups in total. The fourth-order valence-corrected chi connectivity index (χ4v) is 2.25. The van der Waals surface area contributed by atoms with Gasteiger partial charge in [0.2, 0.25) is 0 Å². The van der Waals surface area contributed by atoms with E-state index in [0.717, 1.165) is 42.7 Å². The summed E-state index contributed by atoms with van der Waals surface area (Å²) in [6, 6.07) is 18.3. The first-order valence-corrected chi connectivity index (χ1v) is 7.52. The van der Waals surface area contributed by atoms with Crippen LogP contribution >= 0.6 is 0 Å². The van der Waals surface area contributed by atoms with Gasteiger partial charge in [0.25, 0.3) is 0 Å². The zero-order valence-electron chi connectivity index (χ0n) is 12.4. The van der Waals surface area contributed by atoms with Crippen molar-refractivity contribution in [3.05, 3.63) is 65.7 Å². The molecular weight excluding hydrogens is 260 g/mol. The molecule has 0 aliphatic heterocycles. The van der Waals surface area contributed by atoms with Gasteiger partial charge in [-0.2, -0.15) is 0 Å². The van der Waals surface area contributed by atoms with Crippen molar-refractivity contribution in [2.45, 2.75) is 31.9 Å². The summed E-state index contributed by atoms with van der Waals surface area (Å²) in [5, 5.41) is 0. The van der Waals surface area contributed by atoms with E-state index in [1.165, 1.54) is 0 Å². The van der Waals surface area contributed by atoms with E-state index < -0.39 is 0 Å². The van der Waals surface area contributed by atoms with Crippen molar-refractivity contribution < 1.29 is 4.74 Å². The van der Waals surface area contributed by atoms with Crippen molar-refractivity contribution in [2.24, 2.45) is 11.5 Å². The van der Waals surface area contributed by atoms with Gasteiger partial charge < -0.3 is 16.2 Å². The molecule has 0 unspecified atom stereocenters. The van der Waals surface area contributed by atoms with Crippen LogP contribution in [0.25, 0.3) is 0 Å². The third-order valence-electron chi connectivity index (χ3n) is 3.50. The number of benzene rings is 2. The second kappa shape index (κ2) is 8.45. The molecule has 0 fully saturated rings. The highest BCUT2D eigenvalue weighted by Gasteiger charge is 2.06. The summed E-state index contributed by atoms with van der Waals surface area (Å²) >= 11 is 0. The van der Waals surface area contributed by atoms with Crippen LogP contribution < -0.4 is 16.2 Å². The average Bonchev–Trinajstić information content (AvgIpc) is 2.54. The van der Waals surface area contributed by atoms with Crippen LogP contribution in [0.2, 0.25) is 0 Å². The maximum absolute atomic E-state index is 6.22. The Morgan fingerprint density at radius 3 is 2.52 bits per heavy atom. The number of unbranched alkanes of at least 4 members (excludes halogenated alkanes) is 1. The van der Waals surface area contributed by atoms with Crippen molar-refractivity contribution >= 4 is 0 Å². The Morgan fingerprint density at radius 1 is 0.952 bits per heavy atom. The van der Waals surface area contributed by atoms with Crippen LogP contribution in [0.3, 0.4) is 0 Å². The van der Waals surface area contributed by atoms with Gasteiger partial charge >= 0.3 is 0 Å². The van der Waals surface area contributed by atoms with Gasteiger partial charge in [0, 0.05) is 6.04 Å². The Hall–Kier alpha value is -1.84. The van der Waals surface area contributed by atoms with Crippen molar-refractivity contribution in [1.29, 1.82) is 0 Å². The van der Waals surface area contributed by atoms with Crippen molar-refractivity contribution in [3.63, 3.8) is 0 Å². The summed E-state index contributed by atoms with van der Waals surface area (Å²) in [5.74, 6) is 0.866. The first-order valence-electron chi connectivity index (χ1n) is 7.52. The molecule has 0 aliphatic carbocycles. The minimum Gasteiger partial charge on any atom is -0.489 e. The van der Waals surface area contributed by atoms with Crippen LogP contribution in [0.1, 0.15) is 36.4 Å². The lowest BCUT2D eigenvalue weighted by atomic mass is 10.0. The fourth-order valence-electron chi connectivity index (χ4n) is 2.25. The van der Waals surface area contributed by atoms with E-state index in [0.29, 0.717) is 6.61 Å². The normalized spacial score (nSPS) is 12.1. The molecule has 2 aromatic carbocycles. The number of rotatable bonds is 8. The van der Waals surface area contributed by atoms with Gasteiger partial charge in [-0.25, -0.2) is 0 Å². The van der Waals surface area contributed by atoms with E-state index in [4.69, 9.17) is 16.2 Å². The molecule has 2 rings (SSSR count). The lowest BCUT2D eigenvalue weighted by Crippen LogP contribution is -2.11. The van der Waals surface area contributed by atoms with Gasteiger partial charge in [-0.05, 0) is 42.6 Å². The van der Waals surface area contributed by atoms with E-state index in [1.54, 1.807) is 0 Å². The van der Waals surface area contributed by atoms with Crippen LogP contribution in [-0.4, -0.2) is 6.54 Å². The number of nitrogens with two attached hydrogens (primary N) is 2.